The Hall–Kier alpha value is -1.20. The van der Waals surface area contributed by atoms with Gasteiger partial charge in [-0.2, -0.15) is 0 Å². The highest BCUT2D eigenvalue weighted by molar-refractivity contribution is 8.33. The van der Waals surface area contributed by atoms with Gasteiger partial charge in [-0.1, -0.05) is 85.2 Å². The molecule has 0 radical (unpaired) electrons. The highest BCUT2D eigenvalue weighted by Gasteiger charge is 2.22. The predicted octanol–water partition coefficient (Wildman–Crippen LogP) is 8.24. The van der Waals surface area contributed by atoms with E-state index >= 15 is 0 Å². The molecule has 0 aliphatic carbocycles. The fourth-order valence-electron chi connectivity index (χ4n) is 3.52. The Morgan fingerprint density at radius 1 is 0.568 bits per heavy atom. The van der Waals surface area contributed by atoms with E-state index in [0.717, 1.165) is 41.7 Å². The average Bonchev–Trinajstić information content (AvgIpc) is 3.59. The number of rotatable bonds is 16. The van der Waals surface area contributed by atoms with Crippen LogP contribution in [-0.2, 0) is 14.2 Å². The molecule has 5 nitrogen and oxygen atoms in total. The third kappa shape index (κ3) is 8.92. The van der Waals surface area contributed by atoms with Gasteiger partial charge in [0.15, 0.2) is 0 Å². The van der Waals surface area contributed by atoms with E-state index in [0.29, 0.717) is 46.2 Å². The third-order valence-electron chi connectivity index (χ3n) is 5.21. The smallest absolute Gasteiger partial charge is 0.127 e. The van der Waals surface area contributed by atoms with Gasteiger partial charge in [0.25, 0.3) is 0 Å². The van der Waals surface area contributed by atoms with Crippen molar-refractivity contribution in [2.75, 3.05) is 52.9 Å². The van der Waals surface area contributed by atoms with E-state index in [1.165, 1.54) is 18.3 Å². The lowest BCUT2D eigenvalue weighted by Gasteiger charge is -2.13. The van der Waals surface area contributed by atoms with Crippen molar-refractivity contribution in [3.63, 3.8) is 0 Å². The largest absolute Gasteiger partial charge is 0.493 e. The van der Waals surface area contributed by atoms with Gasteiger partial charge < -0.3 is 23.7 Å². The molecule has 0 spiro atoms. The second kappa shape index (κ2) is 16.0. The van der Waals surface area contributed by atoms with E-state index in [-0.39, 0.29) is 0 Å². The number of benzene rings is 2. The molecule has 2 aromatic carbocycles. The first-order chi connectivity index (χ1) is 18.3. The molecule has 2 heterocycles. The van der Waals surface area contributed by atoms with Crippen LogP contribution in [0.3, 0.4) is 0 Å². The summed E-state index contributed by atoms with van der Waals surface area (Å²) >= 11 is 7.22. The van der Waals surface area contributed by atoms with E-state index in [1.807, 2.05) is 47.8 Å². The van der Waals surface area contributed by atoms with Crippen LogP contribution < -0.4 is 9.47 Å². The van der Waals surface area contributed by atoms with Crippen molar-refractivity contribution in [2.24, 2.45) is 0 Å². The van der Waals surface area contributed by atoms with Gasteiger partial charge in [-0.05, 0) is 35.8 Å². The summed E-state index contributed by atoms with van der Waals surface area (Å²) < 4.78 is 31.8. The molecule has 4 rings (SSSR count). The summed E-state index contributed by atoms with van der Waals surface area (Å²) in [6, 6.07) is 12.1. The summed E-state index contributed by atoms with van der Waals surface area (Å²) in [4.78, 5) is 2.53. The van der Waals surface area contributed by atoms with Crippen molar-refractivity contribution in [3.05, 3.63) is 65.5 Å². The molecule has 9 heteroatoms. The molecule has 37 heavy (non-hydrogen) atoms. The molecule has 0 atom stereocenters. The van der Waals surface area contributed by atoms with Crippen LogP contribution >= 0.6 is 47.0 Å². The van der Waals surface area contributed by atoms with Gasteiger partial charge in [-0.15, -0.1) is 0 Å². The maximum Gasteiger partial charge on any atom is 0.127 e. The molecule has 2 aromatic rings. The zero-order valence-corrected chi connectivity index (χ0v) is 24.6. The molecule has 0 N–H and O–H groups in total. The van der Waals surface area contributed by atoms with Gasteiger partial charge in [0.1, 0.15) is 18.1 Å². The minimum Gasteiger partial charge on any atom is -0.493 e. The topological polar surface area (TPSA) is 46.2 Å². The highest BCUT2D eigenvalue weighted by Crippen LogP contribution is 2.55. The van der Waals surface area contributed by atoms with Crippen LogP contribution in [0.25, 0.3) is 10.8 Å². The number of fused-ring (bicyclic) bond motifs is 1. The van der Waals surface area contributed by atoms with Crippen molar-refractivity contribution < 1.29 is 23.7 Å². The fraction of sp³-hybridized carbons (Fsp3) is 0.429. The van der Waals surface area contributed by atoms with Gasteiger partial charge in [-0.3, -0.25) is 0 Å². The van der Waals surface area contributed by atoms with E-state index < -0.39 is 0 Å². The van der Waals surface area contributed by atoms with Crippen LogP contribution in [-0.4, -0.2) is 52.9 Å². The SMILES string of the molecule is CCCOCC1=CS/C(=C2\SC=C(COCCOCCOc3cccc4c(OCCC)cccc34)S2)S1. The first-order valence-electron chi connectivity index (χ1n) is 12.6. The normalized spacial score (nSPS) is 17.4. The molecule has 0 aromatic heterocycles. The highest BCUT2D eigenvalue weighted by atomic mass is 32.2. The van der Waals surface area contributed by atoms with Crippen LogP contribution in [0.15, 0.2) is 65.5 Å². The molecule has 0 saturated heterocycles. The Kier molecular flexibility index (Phi) is 12.5. The van der Waals surface area contributed by atoms with E-state index in [1.54, 1.807) is 23.5 Å². The van der Waals surface area contributed by atoms with E-state index in [2.05, 4.69) is 36.8 Å². The lowest BCUT2D eigenvalue weighted by atomic mass is 10.1. The molecule has 0 fully saturated rings. The zero-order chi connectivity index (χ0) is 25.7. The minimum absolute atomic E-state index is 0.489. The number of thioether (sulfide) groups is 4. The van der Waals surface area contributed by atoms with Gasteiger partial charge >= 0.3 is 0 Å². The van der Waals surface area contributed by atoms with Gasteiger partial charge in [0.05, 0.1) is 48.1 Å². The average molecular weight is 579 g/mol. The summed E-state index contributed by atoms with van der Waals surface area (Å²) in [7, 11) is 0. The molecule has 2 aliphatic heterocycles. The number of hydrogen-bond acceptors (Lipinski definition) is 9. The number of ether oxygens (including phenoxy) is 5. The lowest BCUT2D eigenvalue weighted by molar-refractivity contribution is 0.0446. The van der Waals surface area contributed by atoms with Crippen LogP contribution in [0.5, 0.6) is 11.5 Å². The van der Waals surface area contributed by atoms with Gasteiger partial charge in [0, 0.05) is 27.2 Å². The Morgan fingerprint density at radius 3 is 1.68 bits per heavy atom. The second-order valence-electron chi connectivity index (χ2n) is 8.20. The maximum absolute atomic E-state index is 6.00. The van der Waals surface area contributed by atoms with Crippen molar-refractivity contribution in [1.82, 2.24) is 0 Å². The predicted molar refractivity (Wildman–Crippen MR) is 162 cm³/mol. The fourth-order valence-corrected chi connectivity index (χ4v) is 8.32. The molecule has 0 unspecified atom stereocenters. The number of hydrogen-bond donors (Lipinski definition) is 0. The lowest BCUT2D eigenvalue weighted by Crippen LogP contribution is -2.11. The molecule has 2 aliphatic rings. The van der Waals surface area contributed by atoms with Gasteiger partial charge in [0.2, 0.25) is 0 Å². The van der Waals surface area contributed by atoms with Crippen molar-refractivity contribution >= 4 is 57.8 Å². The van der Waals surface area contributed by atoms with Crippen molar-refractivity contribution in [2.45, 2.75) is 26.7 Å². The van der Waals surface area contributed by atoms with E-state index in [9.17, 15) is 0 Å². The van der Waals surface area contributed by atoms with Gasteiger partial charge in [-0.25, -0.2) is 0 Å². The monoisotopic (exact) mass is 578 g/mol. The molecule has 0 bridgehead atoms. The Bertz CT molecular complexity index is 1110. The van der Waals surface area contributed by atoms with Crippen molar-refractivity contribution in [3.8, 4) is 11.5 Å². The molecular weight excluding hydrogens is 545 g/mol. The standard InChI is InChI=1S/C28H34O5S4/c1-3-11-30-17-21-19-34-27(36-21)28-35-20-22(37-28)18-31-14-13-29-15-16-33-26-10-6-7-23-24(26)8-5-9-25(23)32-12-4-2/h5-10,19-20H,3-4,11-18H2,1-2H3/b28-27-. The van der Waals surface area contributed by atoms with Crippen molar-refractivity contribution in [1.29, 1.82) is 0 Å². The minimum atomic E-state index is 0.489. The van der Waals surface area contributed by atoms with Crippen LogP contribution in [0.2, 0.25) is 0 Å². The Balaban J connectivity index is 1.09. The summed E-state index contributed by atoms with van der Waals surface area (Å²) in [5.74, 6) is 1.75. The summed E-state index contributed by atoms with van der Waals surface area (Å²) in [6.07, 6.45) is 2.03. The molecule has 200 valence electrons. The summed E-state index contributed by atoms with van der Waals surface area (Å²) in [5, 5.41) is 6.53. The Morgan fingerprint density at radius 2 is 1.08 bits per heavy atom. The molecule has 0 saturated carbocycles. The Labute approximate surface area is 237 Å². The van der Waals surface area contributed by atoms with Crippen LogP contribution in [0.4, 0.5) is 0 Å². The quantitative estimate of drug-likeness (QED) is 0.183. The maximum atomic E-state index is 6.00. The third-order valence-corrected chi connectivity index (χ3v) is 10.5. The van der Waals surface area contributed by atoms with Crippen LogP contribution in [0, 0.1) is 0 Å². The van der Waals surface area contributed by atoms with E-state index in [4.69, 9.17) is 23.7 Å². The van der Waals surface area contributed by atoms with Crippen LogP contribution in [0.1, 0.15) is 26.7 Å². The first-order valence-corrected chi connectivity index (χ1v) is 16.0. The summed E-state index contributed by atoms with van der Waals surface area (Å²) in [5.41, 5.74) is 0. The second-order valence-corrected chi connectivity index (χ2v) is 12.8. The molecular formula is C28H34O5S4. The first kappa shape index (κ1) is 28.8. The summed E-state index contributed by atoms with van der Waals surface area (Å²) in [6.45, 7) is 9.20. The zero-order valence-electron chi connectivity index (χ0n) is 21.4. The molecule has 0 amide bonds.